The summed E-state index contributed by atoms with van der Waals surface area (Å²) in [6.45, 7) is -0.0970. The number of benzene rings is 1. The van der Waals surface area contributed by atoms with Crippen LogP contribution in [0.3, 0.4) is 0 Å². The summed E-state index contributed by atoms with van der Waals surface area (Å²) in [5.74, 6) is -1.43. The number of alkyl halides is 1. The van der Waals surface area contributed by atoms with Crippen LogP contribution in [0.5, 0.6) is 0 Å². The topological polar surface area (TPSA) is 111 Å². The minimum absolute atomic E-state index is 0.0720. The van der Waals surface area contributed by atoms with Gasteiger partial charge in [-0.3, -0.25) is 9.89 Å². The number of carbonyl (C=O) groups excluding carboxylic acids is 1. The molecule has 5 rings (SSSR count). The molecule has 8 nitrogen and oxygen atoms in total. The van der Waals surface area contributed by atoms with Crippen LogP contribution < -0.4 is 10.6 Å². The Morgan fingerprint density at radius 2 is 2.23 bits per heavy atom. The van der Waals surface area contributed by atoms with Gasteiger partial charge in [-0.2, -0.15) is 10.4 Å². The van der Waals surface area contributed by atoms with Gasteiger partial charge in [-0.25, -0.2) is 13.8 Å². The van der Waals surface area contributed by atoms with E-state index in [-0.39, 0.29) is 23.7 Å². The lowest BCUT2D eigenvalue weighted by Gasteiger charge is -2.13. The van der Waals surface area contributed by atoms with Crippen molar-refractivity contribution in [1.82, 2.24) is 19.6 Å². The molecule has 0 saturated heterocycles. The van der Waals surface area contributed by atoms with Crippen LogP contribution in [0.2, 0.25) is 5.02 Å². The number of nitrogens with zero attached hydrogens (tertiary/aromatic N) is 4. The molecule has 1 aliphatic carbocycles. The number of fused-ring (bicyclic) bond motifs is 2. The van der Waals surface area contributed by atoms with E-state index in [9.17, 15) is 9.18 Å². The molecule has 1 saturated carbocycles. The number of amides is 1. The third-order valence-corrected chi connectivity index (χ3v) is 5.53. The van der Waals surface area contributed by atoms with Crippen LogP contribution in [0, 0.1) is 23.1 Å². The molecule has 2 unspecified atom stereocenters. The number of rotatable bonds is 5. The van der Waals surface area contributed by atoms with Gasteiger partial charge >= 0.3 is 0 Å². The standard InChI is InChI=1S/C20H14ClF2N7O/c21-16-15(11-6-26-29-18(11)19(17(16)23)25-4-3-24)9-1-2-14-27-13(8-30(14)7-9)28-20(31)10-5-12(10)22/h1-2,6-8,10,12,25H,4-5H2,(H,26,29)(H,28,31). The van der Waals surface area contributed by atoms with Gasteiger partial charge in [0, 0.05) is 22.7 Å². The van der Waals surface area contributed by atoms with E-state index < -0.39 is 23.8 Å². The Bertz CT molecular complexity index is 1390. The van der Waals surface area contributed by atoms with Crippen LogP contribution in [0.4, 0.5) is 20.3 Å². The van der Waals surface area contributed by atoms with Crippen molar-refractivity contribution in [3.8, 4) is 17.2 Å². The van der Waals surface area contributed by atoms with E-state index in [1.54, 1.807) is 28.9 Å². The summed E-state index contributed by atoms with van der Waals surface area (Å²) in [5.41, 5.74) is 2.01. The zero-order valence-corrected chi connectivity index (χ0v) is 16.5. The minimum Gasteiger partial charge on any atom is -0.368 e. The zero-order valence-electron chi connectivity index (χ0n) is 15.8. The van der Waals surface area contributed by atoms with Crippen molar-refractivity contribution in [1.29, 1.82) is 5.26 Å². The molecule has 31 heavy (non-hydrogen) atoms. The van der Waals surface area contributed by atoms with Crippen LogP contribution in [0.15, 0.2) is 30.7 Å². The molecule has 1 amide bonds. The molecular formula is C20H14ClF2N7O. The Morgan fingerprint density at radius 1 is 1.42 bits per heavy atom. The maximum absolute atomic E-state index is 15.0. The van der Waals surface area contributed by atoms with Crippen molar-refractivity contribution >= 4 is 45.6 Å². The molecule has 0 aliphatic heterocycles. The molecule has 3 heterocycles. The van der Waals surface area contributed by atoms with Gasteiger partial charge in [-0.05, 0) is 18.6 Å². The van der Waals surface area contributed by atoms with Crippen LogP contribution in [0.25, 0.3) is 27.7 Å². The second kappa shape index (κ2) is 7.21. The highest BCUT2D eigenvalue weighted by atomic mass is 35.5. The normalized spacial score (nSPS) is 17.6. The smallest absolute Gasteiger partial charge is 0.231 e. The lowest BCUT2D eigenvalue weighted by Crippen LogP contribution is -2.15. The number of hydrogen-bond donors (Lipinski definition) is 3. The molecule has 0 spiro atoms. The van der Waals surface area contributed by atoms with Gasteiger partial charge in [0.2, 0.25) is 5.91 Å². The quantitative estimate of drug-likeness (QED) is 0.407. The fourth-order valence-electron chi connectivity index (χ4n) is 3.54. The van der Waals surface area contributed by atoms with Crippen molar-refractivity contribution in [2.75, 3.05) is 17.2 Å². The number of aromatic amines is 1. The Morgan fingerprint density at radius 3 is 2.97 bits per heavy atom. The third kappa shape index (κ3) is 3.23. The molecule has 11 heteroatoms. The number of aromatic nitrogens is 4. The van der Waals surface area contributed by atoms with Gasteiger partial charge < -0.3 is 15.0 Å². The molecule has 1 fully saturated rings. The average molecular weight is 442 g/mol. The Kier molecular flexibility index (Phi) is 4.48. The first kappa shape index (κ1) is 19.3. The number of halogens is 3. The molecule has 2 atom stereocenters. The first-order chi connectivity index (χ1) is 15.0. The average Bonchev–Trinajstić information content (AvgIpc) is 3.12. The van der Waals surface area contributed by atoms with Crippen LogP contribution >= 0.6 is 11.6 Å². The van der Waals surface area contributed by atoms with Crippen molar-refractivity contribution in [2.24, 2.45) is 5.92 Å². The molecule has 1 aliphatic rings. The van der Waals surface area contributed by atoms with E-state index in [1.165, 1.54) is 6.20 Å². The van der Waals surface area contributed by atoms with Crippen molar-refractivity contribution in [3.63, 3.8) is 0 Å². The summed E-state index contributed by atoms with van der Waals surface area (Å²) in [6.07, 6.45) is 3.95. The number of hydrogen-bond acceptors (Lipinski definition) is 5. The lowest BCUT2D eigenvalue weighted by molar-refractivity contribution is -0.117. The second-order valence-electron chi connectivity index (χ2n) is 7.21. The number of H-pyrrole nitrogens is 1. The Balaban J connectivity index is 1.56. The summed E-state index contributed by atoms with van der Waals surface area (Å²) in [4.78, 5) is 16.3. The van der Waals surface area contributed by atoms with Gasteiger partial charge in [-0.1, -0.05) is 11.6 Å². The third-order valence-electron chi connectivity index (χ3n) is 5.17. The number of imidazole rings is 1. The number of nitrogens with one attached hydrogen (secondary N) is 3. The molecule has 156 valence electrons. The van der Waals surface area contributed by atoms with Crippen LogP contribution in [-0.4, -0.2) is 38.2 Å². The maximum atomic E-state index is 15.0. The second-order valence-corrected chi connectivity index (χ2v) is 7.58. The largest absolute Gasteiger partial charge is 0.368 e. The monoisotopic (exact) mass is 441 g/mol. The van der Waals surface area contributed by atoms with Crippen LogP contribution in [0.1, 0.15) is 6.42 Å². The first-order valence-electron chi connectivity index (χ1n) is 9.37. The molecule has 4 aromatic rings. The zero-order chi connectivity index (χ0) is 21.7. The van der Waals surface area contributed by atoms with Gasteiger partial charge in [0.05, 0.1) is 40.6 Å². The Hall–Kier alpha value is -3.71. The van der Waals surface area contributed by atoms with Gasteiger partial charge in [0.25, 0.3) is 0 Å². The number of carbonyl (C=O) groups is 1. The predicted molar refractivity (Wildman–Crippen MR) is 111 cm³/mol. The molecule has 0 bridgehead atoms. The van der Waals surface area contributed by atoms with E-state index in [0.29, 0.717) is 33.5 Å². The minimum atomic E-state index is -1.09. The molecular weight excluding hydrogens is 428 g/mol. The van der Waals surface area contributed by atoms with E-state index in [2.05, 4.69) is 25.8 Å². The molecule has 0 radical (unpaired) electrons. The highest BCUT2D eigenvalue weighted by Crippen LogP contribution is 2.41. The summed E-state index contributed by atoms with van der Waals surface area (Å²) < 4.78 is 29.7. The van der Waals surface area contributed by atoms with Gasteiger partial charge in [0.1, 0.15) is 18.4 Å². The van der Waals surface area contributed by atoms with Crippen molar-refractivity contribution in [3.05, 3.63) is 41.6 Å². The summed E-state index contributed by atoms with van der Waals surface area (Å²) >= 11 is 6.37. The van der Waals surface area contributed by atoms with E-state index >= 15 is 4.39 Å². The van der Waals surface area contributed by atoms with Crippen molar-refractivity contribution in [2.45, 2.75) is 12.6 Å². The fraction of sp³-hybridized carbons (Fsp3) is 0.200. The molecule has 3 aromatic heterocycles. The maximum Gasteiger partial charge on any atom is 0.231 e. The summed E-state index contributed by atoms with van der Waals surface area (Å²) in [7, 11) is 0. The van der Waals surface area contributed by atoms with E-state index in [4.69, 9.17) is 16.9 Å². The number of pyridine rings is 1. The number of anilines is 2. The Labute approximate surface area is 178 Å². The fourth-order valence-corrected chi connectivity index (χ4v) is 3.85. The van der Waals surface area contributed by atoms with Crippen molar-refractivity contribution < 1.29 is 13.6 Å². The highest BCUT2D eigenvalue weighted by Gasteiger charge is 2.43. The SMILES string of the molecule is N#CCNc1c(F)c(Cl)c(-c2ccc3nc(NC(=O)C4CC4F)cn3c2)c2cn[nH]c12. The van der Waals surface area contributed by atoms with Gasteiger partial charge in [-0.15, -0.1) is 0 Å². The highest BCUT2D eigenvalue weighted by molar-refractivity contribution is 6.36. The lowest BCUT2D eigenvalue weighted by atomic mass is 10.0. The predicted octanol–water partition coefficient (Wildman–Crippen LogP) is 3.90. The van der Waals surface area contributed by atoms with Crippen LogP contribution in [-0.2, 0) is 4.79 Å². The summed E-state index contributed by atoms with van der Waals surface area (Å²) in [6, 6.07) is 5.32. The van der Waals surface area contributed by atoms with E-state index in [1.807, 2.05) is 6.07 Å². The molecule has 1 aromatic carbocycles. The molecule has 3 N–H and O–H groups in total. The van der Waals surface area contributed by atoms with Gasteiger partial charge in [0.15, 0.2) is 11.6 Å². The first-order valence-corrected chi connectivity index (χ1v) is 9.74. The number of nitriles is 1. The van der Waals surface area contributed by atoms with E-state index in [0.717, 1.165) is 0 Å². The summed E-state index contributed by atoms with van der Waals surface area (Å²) in [5, 5.41) is 21.3.